The lowest BCUT2D eigenvalue weighted by atomic mass is 10.1. The third-order valence-corrected chi connectivity index (χ3v) is 4.18. The van der Waals surface area contributed by atoms with E-state index in [-0.39, 0.29) is 35.5 Å². The molecule has 0 saturated heterocycles. The fraction of sp³-hybridized carbons (Fsp3) is 0.238. The van der Waals surface area contributed by atoms with Crippen molar-refractivity contribution in [3.63, 3.8) is 0 Å². The Labute approximate surface area is 178 Å². The number of hydrogen-bond acceptors (Lipinski definition) is 5. The van der Waals surface area contributed by atoms with Crippen LogP contribution in [0.1, 0.15) is 28.9 Å². The van der Waals surface area contributed by atoms with Gasteiger partial charge in [0.2, 0.25) is 0 Å². The molecule has 2 aromatic rings. The van der Waals surface area contributed by atoms with E-state index in [1.165, 1.54) is 12.1 Å². The fourth-order valence-corrected chi connectivity index (χ4v) is 2.45. The molecule has 1 heterocycles. The number of nitriles is 1. The normalized spacial score (nSPS) is 10.0. The summed E-state index contributed by atoms with van der Waals surface area (Å²) >= 11 is 5.58. The van der Waals surface area contributed by atoms with Crippen LogP contribution in [0.4, 0.5) is 4.39 Å². The number of halogens is 2. The summed E-state index contributed by atoms with van der Waals surface area (Å²) in [6.07, 6.45) is 2.86. The van der Waals surface area contributed by atoms with E-state index in [0.29, 0.717) is 25.0 Å². The van der Waals surface area contributed by atoms with Crippen LogP contribution in [-0.2, 0) is 11.2 Å². The quantitative estimate of drug-likeness (QED) is 0.602. The second kappa shape index (κ2) is 11.5. The number of ether oxygens (including phenoxy) is 1. The Balaban J connectivity index is 1.68. The van der Waals surface area contributed by atoms with Crippen molar-refractivity contribution in [1.29, 1.82) is 5.26 Å². The molecule has 0 aliphatic rings. The number of hydrogen-bond donors (Lipinski definition) is 2. The Morgan fingerprint density at radius 1 is 1.30 bits per heavy atom. The summed E-state index contributed by atoms with van der Waals surface area (Å²) in [6.45, 7) is 3.65. The van der Waals surface area contributed by atoms with Crippen molar-refractivity contribution in [2.24, 2.45) is 0 Å². The smallest absolute Gasteiger partial charge is 0.269 e. The first-order valence-electron chi connectivity index (χ1n) is 9.04. The largest absolute Gasteiger partial charge is 0.484 e. The van der Waals surface area contributed by atoms with Gasteiger partial charge in [-0.2, -0.15) is 5.26 Å². The van der Waals surface area contributed by atoms with Gasteiger partial charge in [-0.3, -0.25) is 14.6 Å². The number of amides is 2. The number of nitrogens with zero attached hydrogens (tertiary/aromatic N) is 2. The van der Waals surface area contributed by atoms with Crippen molar-refractivity contribution in [2.75, 3.05) is 13.2 Å². The van der Waals surface area contributed by atoms with Crippen LogP contribution in [-0.4, -0.2) is 29.9 Å². The maximum Gasteiger partial charge on any atom is 0.269 e. The topological polar surface area (TPSA) is 104 Å². The monoisotopic (exact) mass is 430 g/mol. The van der Waals surface area contributed by atoms with Crippen molar-refractivity contribution < 1.29 is 18.7 Å². The van der Waals surface area contributed by atoms with E-state index in [4.69, 9.17) is 21.6 Å². The van der Waals surface area contributed by atoms with E-state index < -0.39 is 11.7 Å². The zero-order valence-corrected chi connectivity index (χ0v) is 16.8. The second-order valence-corrected chi connectivity index (χ2v) is 6.64. The minimum atomic E-state index is -0.638. The Bertz CT molecular complexity index is 958. The van der Waals surface area contributed by atoms with Gasteiger partial charge < -0.3 is 15.4 Å². The van der Waals surface area contributed by atoms with E-state index in [1.54, 1.807) is 18.3 Å². The molecule has 7 nitrogen and oxygen atoms in total. The fourth-order valence-electron chi connectivity index (χ4n) is 2.34. The van der Waals surface area contributed by atoms with E-state index >= 15 is 0 Å². The number of aryl methyl sites for hydroxylation is 1. The van der Waals surface area contributed by atoms with Gasteiger partial charge in [-0.1, -0.05) is 24.2 Å². The minimum absolute atomic E-state index is 0.0348. The summed E-state index contributed by atoms with van der Waals surface area (Å²) in [6, 6.07) is 9.27. The Kier molecular flexibility index (Phi) is 8.78. The van der Waals surface area contributed by atoms with E-state index in [1.807, 2.05) is 0 Å². The number of rotatable bonds is 10. The van der Waals surface area contributed by atoms with Gasteiger partial charge in [0.1, 0.15) is 17.3 Å². The standard InChI is InChI=1S/C21H20ClFN4O3/c1-14(27-20(28)13-30-16-5-6-17(22)18(23)11-16)8-10-25-21(29)19-7-4-15(12-26-19)3-2-9-24/h4-7,11-12H,1-3,8,10,13H2,(H,25,29)(H,27,28). The molecular formula is C21H20ClFN4O3. The molecule has 0 radical (unpaired) electrons. The minimum Gasteiger partial charge on any atom is -0.484 e. The molecule has 0 saturated carbocycles. The molecule has 2 N–H and O–H groups in total. The highest BCUT2D eigenvalue weighted by Crippen LogP contribution is 2.20. The second-order valence-electron chi connectivity index (χ2n) is 6.23. The van der Waals surface area contributed by atoms with Gasteiger partial charge in [-0.15, -0.1) is 0 Å². The molecular weight excluding hydrogens is 411 g/mol. The summed E-state index contributed by atoms with van der Waals surface area (Å²) in [4.78, 5) is 28.0. The number of nitrogens with one attached hydrogen (secondary N) is 2. The number of aromatic nitrogens is 1. The number of carbonyl (C=O) groups excluding carboxylic acids is 2. The molecule has 1 aromatic heterocycles. The first-order chi connectivity index (χ1) is 14.4. The molecule has 2 amide bonds. The Morgan fingerprint density at radius 3 is 2.77 bits per heavy atom. The van der Waals surface area contributed by atoms with Crippen molar-refractivity contribution in [3.05, 3.63) is 70.9 Å². The first kappa shape index (κ1) is 22.8. The van der Waals surface area contributed by atoms with E-state index in [2.05, 4.69) is 28.3 Å². The van der Waals surface area contributed by atoms with Crippen molar-refractivity contribution in [1.82, 2.24) is 15.6 Å². The predicted octanol–water partition coefficient (Wildman–Crippen LogP) is 3.16. The molecule has 0 atom stereocenters. The lowest BCUT2D eigenvalue weighted by Crippen LogP contribution is -2.31. The summed E-state index contributed by atoms with van der Waals surface area (Å²) < 4.78 is 18.5. The number of carbonyl (C=O) groups is 2. The average Bonchev–Trinajstić information content (AvgIpc) is 2.73. The summed E-state index contributed by atoms with van der Waals surface area (Å²) in [5, 5.41) is 13.8. The molecule has 0 fully saturated rings. The summed E-state index contributed by atoms with van der Waals surface area (Å²) in [5.74, 6) is -1.28. The highest BCUT2D eigenvalue weighted by molar-refractivity contribution is 6.30. The molecule has 0 bridgehead atoms. The zero-order valence-electron chi connectivity index (χ0n) is 16.1. The van der Waals surface area contributed by atoms with E-state index in [0.717, 1.165) is 11.6 Å². The van der Waals surface area contributed by atoms with Gasteiger partial charge in [0.25, 0.3) is 11.8 Å². The Hall–Kier alpha value is -3.44. The lowest BCUT2D eigenvalue weighted by molar-refractivity contribution is -0.122. The molecule has 1 aromatic carbocycles. The van der Waals surface area contributed by atoms with Gasteiger partial charge in [-0.05, 0) is 30.2 Å². The van der Waals surface area contributed by atoms with Gasteiger partial charge in [0.15, 0.2) is 6.61 Å². The molecule has 0 aliphatic heterocycles. The summed E-state index contributed by atoms with van der Waals surface area (Å²) in [7, 11) is 0. The van der Waals surface area contributed by atoms with Crippen LogP contribution in [0.3, 0.4) is 0 Å². The van der Waals surface area contributed by atoms with Crippen LogP contribution < -0.4 is 15.4 Å². The molecule has 2 rings (SSSR count). The third-order valence-electron chi connectivity index (χ3n) is 3.87. The SMILES string of the molecule is C=C(CCNC(=O)c1ccc(CCC#N)cn1)NC(=O)COc1ccc(Cl)c(F)c1. The third kappa shape index (κ3) is 7.53. The Morgan fingerprint density at radius 2 is 2.10 bits per heavy atom. The lowest BCUT2D eigenvalue weighted by Gasteiger charge is -2.10. The van der Waals surface area contributed by atoms with Crippen LogP contribution in [0.15, 0.2) is 48.8 Å². The van der Waals surface area contributed by atoms with Crippen LogP contribution >= 0.6 is 11.6 Å². The molecule has 0 spiro atoms. The first-order valence-corrected chi connectivity index (χ1v) is 9.42. The van der Waals surface area contributed by atoms with Crippen LogP contribution in [0.2, 0.25) is 5.02 Å². The van der Waals surface area contributed by atoms with Crippen molar-refractivity contribution in [3.8, 4) is 11.8 Å². The molecule has 156 valence electrons. The van der Waals surface area contributed by atoms with Crippen LogP contribution in [0, 0.1) is 17.1 Å². The van der Waals surface area contributed by atoms with Gasteiger partial charge in [0.05, 0.1) is 11.1 Å². The van der Waals surface area contributed by atoms with Crippen molar-refractivity contribution >= 4 is 23.4 Å². The maximum absolute atomic E-state index is 13.3. The zero-order chi connectivity index (χ0) is 21.9. The van der Waals surface area contributed by atoms with E-state index in [9.17, 15) is 14.0 Å². The van der Waals surface area contributed by atoms with Gasteiger partial charge in [-0.25, -0.2) is 4.39 Å². The van der Waals surface area contributed by atoms with Crippen LogP contribution in [0.25, 0.3) is 0 Å². The van der Waals surface area contributed by atoms with Crippen molar-refractivity contribution in [2.45, 2.75) is 19.3 Å². The predicted molar refractivity (Wildman–Crippen MR) is 109 cm³/mol. The number of pyridine rings is 1. The van der Waals surface area contributed by atoms with Crippen LogP contribution in [0.5, 0.6) is 5.75 Å². The van der Waals surface area contributed by atoms with Gasteiger partial charge >= 0.3 is 0 Å². The average molecular weight is 431 g/mol. The highest BCUT2D eigenvalue weighted by Gasteiger charge is 2.09. The van der Waals surface area contributed by atoms with Gasteiger partial charge in [0, 0.05) is 37.3 Å². The number of benzene rings is 1. The molecule has 0 aliphatic carbocycles. The molecule has 0 unspecified atom stereocenters. The maximum atomic E-state index is 13.3. The highest BCUT2D eigenvalue weighted by atomic mass is 35.5. The molecule has 30 heavy (non-hydrogen) atoms. The molecule has 9 heteroatoms. The summed E-state index contributed by atoms with van der Waals surface area (Å²) in [5.41, 5.74) is 1.53.